The summed E-state index contributed by atoms with van der Waals surface area (Å²) in [4.78, 5) is 10.5. The number of ether oxygens (including phenoxy) is 2. The van der Waals surface area contributed by atoms with Gasteiger partial charge in [0.1, 0.15) is 24.4 Å². The molecular weight excluding hydrogens is 252 g/mol. The van der Waals surface area contributed by atoms with Gasteiger partial charge in [0, 0.05) is 12.5 Å². The van der Waals surface area contributed by atoms with Gasteiger partial charge in [-0.15, -0.1) is 0 Å². The van der Waals surface area contributed by atoms with E-state index in [2.05, 4.69) is 0 Å². The van der Waals surface area contributed by atoms with Gasteiger partial charge in [-0.2, -0.15) is 0 Å². The predicted octanol–water partition coefficient (Wildman–Crippen LogP) is 3.41. The minimum atomic E-state index is 0.505. The van der Waals surface area contributed by atoms with Gasteiger partial charge in [0.2, 0.25) is 0 Å². The van der Waals surface area contributed by atoms with Crippen LogP contribution in [0.5, 0.6) is 11.5 Å². The third-order valence-electron chi connectivity index (χ3n) is 2.97. The van der Waals surface area contributed by atoms with E-state index < -0.39 is 0 Å². The average molecular weight is 270 g/mol. The van der Waals surface area contributed by atoms with E-state index in [0.717, 1.165) is 28.9 Å². The van der Waals surface area contributed by atoms with Crippen LogP contribution < -0.4 is 9.47 Å². The summed E-state index contributed by atoms with van der Waals surface area (Å²) in [7, 11) is 1.62. The van der Waals surface area contributed by atoms with Crippen molar-refractivity contribution in [1.29, 1.82) is 0 Å². The largest absolute Gasteiger partial charge is 0.497 e. The molecule has 104 valence electrons. The van der Waals surface area contributed by atoms with Gasteiger partial charge >= 0.3 is 0 Å². The van der Waals surface area contributed by atoms with Crippen molar-refractivity contribution in [3.63, 3.8) is 0 Å². The lowest BCUT2D eigenvalue weighted by molar-refractivity contribution is -0.107. The lowest BCUT2D eigenvalue weighted by Gasteiger charge is -2.10. The molecule has 20 heavy (non-hydrogen) atoms. The van der Waals surface area contributed by atoms with Crippen molar-refractivity contribution in [2.75, 3.05) is 7.11 Å². The fraction of sp³-hybridized carbons (Fsp3) is 0.235. The van der Waals surface area contributed by atoms with Gasteiger partial charge < -0.3 is 14.3 Å². The molecule has 0 N–H and O–H groups in total. The Hall–Kier alpha value is -2.29. The summed E-state index contributed by atoms with van der Waals surface area (Å²) in [5.41, 5.74) is 2.16. The summed E-state index contributed by atoms with van der Waals surface area (Å²) in [5.74, 6) is 1.51. The molecule has 2 aromatic rings. The normalized spacial score (nSPS) is 10.1. The first kappa shape index (κ1) is 14.1. The number of carbonyl (C=O) groups excluding carboxylic acids is 1. The zero-order valence-electron chi connectivity index (χ0n) is 11.5. The first-order valence-electron chi connectivity index (χ1n) is 6.60. The first-order valence-corrected chi connectivity index (χ1v) is 6.60. The summed E-state index contributed by atoms with van der Waals surface area (Å²) in [6.45, 7) is 0.515. The highest BCUT2D eigenvalue weighted by molar-refractivity contribution is 5.50. The number of aryl methyl sites for hydroxylation is 1. The molecule has 0 atom stereocenters. The molecule has 0 aliphatic carbocycles. The van der Waals surface area contributed by atoms with E-state index in [4.69, 9.17) is 9.47 Å². The lowest BCUT2D eigenvalue weighted by atomic mass is 10.1. The van der Waals surface area contributed by atoms with Crippen LogP contribution in [0, 0.1) is 0 Å². The highest BCUT2D eigenvalue weighted by atomic mass is 16.5. The van der Waals surface area contributed by atoms with Gasteiger partial charge in [-0.1, -0.05) is 30.3 Å². The van der Waals surface area contributed by atoms with Crippen LogP contribution in [0.3, 0.4) is 0 Å². The minimum Gasteiger partial charge on any atom is -0.497 e. The Morgan fingerprint density at radius 2 is 1.75 bits per heavy atom. The van der Waals surface area contributed by atoms with Crippen molar-refractivity contribution in [3.05, 3.63) is 59.7 Å². The Morgan fingerprint density at radius 1 is 1.00 bits per heavy atom. The van der Waals surface area contributed by atoms with Gasteiger partial charge in [0.05, 0.1) is 7.11 Å². The summed E-state index contributed by atoms with van der Waals surface area (Å²) in [6, 6.07) is 15.7. The Morgan fingerprint density at radius 3 is 2.45 bits per heavy atom. The van der Waals surface area contributed by atoms with Crippen LogP contribution in [0.25, 0.3) is 0 Å². The molecule has 0 heterocycles. The summed E-state index contributed by atoms with van der Waals surface area (Å²) in [6.07, 6.45) is 2.12. The van der Waals surface area contributed by atoms with E-state index in [9.17, 15) is 4.79 Å². The van der Waals surface area contributed by atoms with Crippen LogP contribution in [0.1, 0.15) is 17.5 Å². The van der Waals surface area contributed by atoms with Gasteiger partial charge in [-0.3, -0.25) is 0 Å². The van der Waals surface area contributed by atoms with Crippen molar-refractivity contribution >= 4 is 6.29 Å². The van der Waals surface area contributed by atoms with E-state index in [1.807, 2.05) is 48.5 Å². The third kappa shape index (κ3) is 4.12. The van der Waals surface area contributed by atoms with Crippen LogP contribution in [-0.2, 0) is 17.8 Å². The number of carbonyl (C=O) groups is 1. The zero-order chi connectivity index (χ0) is 14.2. The average Bonchev–Trinajstić information content (AvgIpc) is 2.51. The molecule has 0 spiro atoms. The maximum Gasteiger partial charge on any atom is 0.123 e. The van der Waals surface area contributed by atoms with Gasteiger partial charge in [0.15, 0.2) is 0 Å². The Bertz CT molecular complexity index is 549. The van der Waals surface area contributed by atoms with Gasteiger partial charge in [-0.25, -0.2) is 0 Å². The highest BCUT2D eigenvalue weighted by Gasteiger charge is 2.03. The van der Waals surface area contributed by atoms with E-state index in [1.165, 1.54) is 0 Å². The maximum absolute atomic E-state index is 10.5. The minimum absolute atomic E-state index is 0.505. The van der Waals surface area contributed by atoms with Crippen molar-refractivity contribution in [2.45, 2.75) is 19.4 Å². The molecule has 0 radical (unpaired) electrons. The first-order chi connectivity index (χ1) is 9.81. The Labute approximate surface area is 119 Å². The summed E-state index contributed by atoms with van der Waals surface area (Å²) in [5, 5.41) is 0. The quantitative estimate of drug-likeness (QED) is 0.723. The van der Waals surface area contributed by atoms with Crippen LogP contribution in [-0.4, -0.2) is 13.4 Å². The molecular formula is C17H18O3. The molecule has 0 unspecified atom stereocenters. The molecule has 3 heteroatoms. The van der Waals surface area contributed by atoms with Gasteiger partial charge in [-0.05, 0) is 29.7 Å². The molecule has 2 rings (SSSR count). The zero-order valence-corrected chi connectivity index (χ0v) is 11.5. The van der Waals surface area contributed by atoms with Crippen molar-refractivity contribution < 1.29 is 14.3 Å². The van der Waals surface area contributed by atoms with Crippen LogP contribution in [0.2, 0.25) is 0 Å². The number of rotatable bonds is 7. The summed E-state index contributed by atoms with van der Waals surface area (Å²) < 4.78 is 11.0. The van der Waals surface area contributed by atoms with E-state index in [-0.39, 0.29) is 0 Å². The molecule has 0 bridgehead atoms. The lowest BCUT2D eigenvalue weighted by Crippen LogP contribution is -1.97. The Balaban J connectivity index is 2.07. The SMILES string of the molecule is COc1cc(CCC=O)cc(OCc2ccccc2)c1. The molecule has 0 amide bonds. The van der Waals surface area contributed by atoms with Crippen molar-refractivity contribution in [1.82, 2.24) is 0 Å². The number of hydrogen-bond donors (Lipinski definition) is 0. The number of hydrogen-bond acceptors (Lipinski definition) is 3. The predicted molar refractivity (Wildman–Crippen MR) is 78.2 cm³/mol. The Kier molecular flexibility index (Phi) is 5.18. The van der Waals surface area contributed by atoms with E-state index in [0.29, 0.717) is 19.4 Å². The van der Waals surface area contributed by atoms with Gasteiger partial charge in [0.25, 0.3) is 0 Å². The standard InChI is InChI=1S/C17H18O3/c1-19-16-10-15(8-5-9-18)11-17(12-16)20-13-14-6-3-2-4-7-14/h2-4,6-7,9-12H,5,8,13H2,1H3. The van der Waals surface area contributed by atoms with Crippen molar-refractivity contribution in [2.24, 2.45) is 0 Å². The van der Waals surface area contributed by atoms with Crippen LogP contribution >= 0.6 is 0 Å². The monoisotopic (exact) mass is 270 g/mol. The molecule has 0 fully saturated rings. The second-order valence-electron chi connectivity index (χ2n) is 4.50. The molecule has 0 saturated carbocycles. The summed E-state index contributed by atoms with van der Waals surface area (Å²) >= 11 is 0. The van der Waals surface area contributed by atoms with E-state index >= 15 is 0 Å². The highest BCUT2D eigenvalue weighted by Crippen LogP contribution is 2.24. The number of benzene rings is 2. The molecule has 2 aromatic carbocycles. The second-order valence-corrected chi connectivity index (χ2v) is 4.50. The maximum atomic E-state index is 10.5. The molecule has 3 nitrogen and oxygen atoms in total. The smallest absolute Gasteiger partial charge is 0.123 e. The van der Waals surface area contributed by atoms with E-state index in [1.54, 1.807) is 7.11 Å². The second kappa shape index (κ2) is 7.34. The molecule has 0 aliphatic heterocycles. The van der Waals surface area contributed by atoms with Crippen molar-refractivity contribution in [3.8, 4) is 11.5 Å². The number of aldehydes is 1. The molecule has 0 saturated heterocycles. The topological polar surface area (TPSA) is 35.5 Å². The number of methoxy groups -OCH3 is 1. The fourth-order valence-corrected chi connectivity index (χ4v) is 1.94. The third-order valence-corrected chi connectivity index (χ3v) is 2.97. The van der Waals surface area contributed by atoms with Crippen LogP contribution in [0.15, 0.2) is 48.5 Å². The molecule has 0 aromatic heterocycles. The fourth-order valence-electron chi connectivity index (χ4n) is 1.94. The van der Waals surface area contributed by atoms with Crippen LogP contribution in [0.4, 0.5) is 0 Å². The molecule has 0 aliphatic rings.